The van der Waals surface area contributed by atoms with Crippen molar-refractivity contribution in [3.8, 4) is 0 Å². The fourth-order valence-corrected chi connectivity index (χ4v) is 2.59. The van der Waals surface area contributed by atoms with E-state index in [0.717, 1.165) is 17.8 Å². The van der Waals surface area contributed by atoms with Crippen LogP contribution in [-0.4, -0.2) is 30.8 Å². The van der Waals surface area contributed by atoms with Gasteiger partial charge in [0.1, 0.15) is 0 Å². The quantitative estimate of drug-likeness (QED) is 0.923. The summed E-state index contributed by atoms with van der Waals surface area (Å²) in [5.74, 6) is -1.23. The molecular weight excluding hydrogens is 267 g/mol. The average Bonchev–Trinajstić information content (AvgIpc) is 2.45. The van der Waals surface area contributed by atoms with Gasteiger partial charge in [-0.2, -0.15) is 13.2 Å². The van der Waals surface area contributed by atoms with Crippen LogP contribution in [0.3, 0.4) is 0 Å². The Morgan fingerprint density at radius 3 is 2.95 bits per heavy atom. The summed E-state index contributed by atoms with van der Waals surface area (Å²) in [6.45, 7) is 4.17. The number of pyridine rings is 1. The molecule has 1 aliphatic heterocycles. The normalized spacial score (nSPS) is 20.2. The van der Waals surface area contributed by atoms with Crippen LogP contribution in [0, 0.1) is 5.92 Å². The van der Waals surface area contributed by atoms with Gasteiger partial charge in [0.05, 0.1) is 5.92 Å². The number of halogens is 3. The zero-order valence-electron chi connectivity index (χ0n) is 11.6. The molecule has 6 heteroatoms. The van der Waals surface area contributed by atoms with Gasteiger partial charge < -0.3 is 10.2 Å². The lowest BCUT2D eigenvalue weighted by Crippen LogP contribution is -2.42. The number of hydrogen-bond donors (Lipinski definition) is 1. The Morgan fingerprint density at radius 2 is 2.25 bits per heavy atom. The van der Waals surface area contributed by atoms with Crippen molar-refractivity contribution in [2.45, 2.75) is 32.5 Å². The van der Waals surface area contributed by atoms with Gasteiger partial charge in [0.2, 0.25) is 0 Å². The van der Waals surface area contributed by atoms with Gasteiger partial charge in [0.25, 0.3) is 0 Å². The molecule has 0 radical (unpaired) electrons. The first-order chi connectivity index (χ1) is 9.52. The number of nitrogens with one attached hydrogen (secondary N) is 1. The van der Waals surface area contributed by atoms with E-state index in [9.17, 15) is 13.2 Å². The van der Waals surface area contributed by atoms with Crippen molar-refractivity contribution in [1.82, 2.24) is 10.3 Å². The van der Waals surface area contributed by atoms with Crippen LogP contribution < -0.4 is 10.2 Å². The van der Waals surface area contributed by atoms with Gasteiger partial charge in [-0.3, -0.25) is 4.98 Å². The van der Waals surface area contributed by atoms with E-state index in [-0.39, 0.29) is 13.0 Å². The van der Waals surface area contributed by atoms with Crippen molar-refractivity contribution < 1.29 is 13.2 Å². The molecule has 0 bridgehead atoms. The first kappa shape index (κ1) is 15.1. The molecule has 0 spiro atoms. The summed E-state index contributed by atoms with van der Waals surface area (Å²) < 4.78 is 38.6. The maximum absolute atomic E-state index is 12.9. The highest BCUT2D eigenvalue weighted by Gasteiger charge is 2.42. The van der Waals surface area contributed by atoms with Gasteiger partial charge in [-0.1, -0.05) is 6.92 Å². The lowest BCUT2D eigenvalue weighted by atomic mass is 9.96. The zero-order chi connectivity index (χ0) is 14.6. The van der Waals surface area contributed by atoms with Crippen LogP contribution in [0.5, 0.6) is 0 Å². The lowest BCUT2D eigenvalue weighted by Gasteiger charge is -2.36. The second kappa shape index (κ2) is 6.43. The van der Waals surface area contributed by atoms with E-state index in [0.29, 0.717) is 19.5 Å². The van der Waals surface area contributed by atoms with Gasteiger partial charge in [0.15, 0.2) is 0 Å². The molecule has 112 valence electrons. The second-order valence-corrected chi connectivity index (χ2v) is 5.11. The topological polar surface area (TPSA) is 28.2 Å². The van der Waals surface area contributed by atoms with E-state index in [1.165, 1.54) is 0 Å². The molecule has 1 aromatic heterocycles. The summed E-state index contributed by atoms with van der Waals surface area (Å²) in [5.41, 5.74) is 1.83. The highest BCUT2D eigenvalue weighted by Crippen LogP contribution is 2.35. The van der Waals surface area contributed by atoms with Gasteiger partial charge in [-0.05, 0) is 25.5 Å². The average molecular weight is 287 g/mol. The number of anilines is 1. The molecule has 0 saturated carbocycles. The highest BCUT2D eigenvalue weighted by molar-refractivity contribution is 5.52. The summed E-state index contributed by atoms with van der Waals surface area (Å²) in [7, 11) is 0. The summed E-state index contributed by atoms with van der Waals surface area (Å²) in [4.78, 5) is 5.92. The van der Waals surface area contributed by atoms with Gasteiger partial charge >= 0.3 is 6.18 Å². The van der Waals surface area contributed by atoms with Crippen molar-refractivity contribution in [3.05, 3.63) is 24.0 Å². The Bertz CT molecular complexity index is 434. The van der Waals surface area contributed by atoms with Gasteiger partial charge in [-0.15, -0.1) is 0 Å². The SMILES string of the molecule is CCNCc1cnccc1N1CCCC(C(F)(F)F)C1. The van der Waals surface area contributed by atoms with Crippen molar-refractivity contribution in [2.24, 2.45) is 5.92 Å². The largest absolute Gasteiger partial charge is 0.393 e. The Kier molecular flexibility index (Phi) is 4.86. The first-order valence-corrected chi connectivity index (χ1v) is 6.97. The van der Waals surface area contributed by atoms with Crippen LogP contribution >= 0.6 is 0 Å². The van der Waals surface area contributed by atoms with E-state index >= 15 is 0 Å². The van der Waals surface area contributed by atoms with Crippen LogP contribution in [0.15, 0.2) is 18.5 Å². The number of rotatable bonds is 4. The fraction of sp³-hybridized carbons (Fsp3) is 0.643. The van der Waals surface area contributed by atoms with Crippen LogP contribution in [0.25, 0.3) is 0 Å². The smallest absolute Gasteiger partial charge is 0.371 e. The van der Waals surface area contributed by atoms with Crippen LogP contribution in [0.2, 0.25) is 0 Å². The summed E-state index contributed by atoms with van der Waals surface area (Å²) in [5, 5.41) is 3.20. The second-order valence-electron chi connectivity index (χ2n) is 5.11. The van der Waals surface area contributed by atoms with Crippen molar-refractivity contribution in [3.63, 3.8) is 0 Å². The van der Waals surface area contributed by atoms with E-state index < -0.39 is 12.1 Å². The van der Waals surface area contributed by atoms with E-state index in [1.54, 1.807) is 12.4 Å². The Morgan fingerprint density at radius 1 is 1.45 bits per heavy atom. The minimum Gasteiger partial charge on any atom is -0.371 e. The first-order valence-electron chi connectivity index (χ1n) is 6.97. The van der Waals surface area contributed by atoms with Gasteiger partial charge in [0, 0.05) is 43.3 Å². The Labute approximate surface area is 117 Å². The number of piperidine rings is 1. The minimum absolute atomic E-state index is 0.0483. The molecule has 1 aliphatic rings. The minimum atomic E-state index is -4.10. The van der Waals surface area contributed by atoms with Crippen LogP contribution in [0.1, 0.15) is 25.3 Å². The molecule has 20 heavy (non-hydrogen) atoms. The predicted octanol–water partition coefficient (Wildman–Crippen LogP) is 2.97. The molecule has 1 N–H and O–H groups in total. The molecule has 3 nitrogen and oxygen atoms in total. The third-order valence-corrected chi connectivity index (χ3v) is 3.67. The Hall–Kier alpha value is -1.30. The maximum atomic E-state index is 12.9. The third kappa shape index (κ3) is 3.62. The molecule has 1 fully saturated rings. The predicted molar refractivity (Wildman–Crippen MR) is 72.6 cm³/mol. The summed E-state index contributed by atoms with van der Waals surface area (Å²) >= 11 is 0. The van der Waals surface area contributed by atoms with Crippen LogP contribution in [-0.2, 0) is 6.54 Å². The molecule has 2 rings (SSSR count). The van der Waals surface area contributed by atoms with Crippen molar-refractivity contribution in [1.29, 1.82) is 0 Å². The zero-order valence-corrected chi connectivity index (χ0v) is 11.6. The monoisotopic (exact) mass is 287 g/mol. The third-order valence-electron chi connectivity index (χ3n) is 3.67. The molecule has 0 amide bonds. The van der Waals surface area contributed by atoms with Crippen molar-refractivity contribution in [2.75, 3.05) is 24.5 Å². The number of nitrogens with zero attached hydrogens (tertiary/aromatic N) is 2. The molecule has 1 atom stereocenters. The molecule has 1 saturated heterocycles. The Balaban J connectivity index is 2.14. The molecule has 0 aliphatic carbocycles. The standard InChI is InChI=1S/C14H20F3N3/c1-2-18-8-11-9-19-6-5-13(11)20-7-3-4-12(10-20)14(15,16)17/h5-6,9,12,18H,2-4,7-8,10H2,1H3. The van der Waals surface area contributed by atoms with Crippen molar-refractivity contribution >= 4 is 5.69 Å². The van der Waals surface area contributed by atoms with E-state index in [4.69, 9.17) is 0 Å². The molecule has 1 aromatic rings. The number of hydrogen-bond acceptors (Lipinski definition) is 3. The van der Waals surface area contributed by atoms with Crippen LogP contribution in [0.4, 0.5) is 18.9 Å². The summed E-state index contributed by atoms with van der Waals surface area (Å²) in [6.07, 6.45) is 0.0749. The number of alkyl halides is 3. The molecule has 0 aromatic carbocycles. The highest BCUT2D eigenvalue weighted by atomic mass is 19.4. The fourth-order valence-electron chi connectivity index (χ4n) is 2.59. The van der Waals surface area contributed by atoms with Gasteiger partial charge in [-0.25, -0.2) is 0 Å². The molecule has 1 unspecified atom stereocenters. The maximum Gasteiger partial charge on any atom is 0.393 e. The lowest BCUT2D eigenvalue weighted by molar-refractivity contribution is -0.176. The number of aromatic nitrogens is 1. The summed E-state index contributed by atoms with van der Waals surface area (Å²) in [6, 6.07) is 1.81. The molecular formula is C14H20F3N3. The van der Waals surface area contributed by atoms with E-state index in [1.807, 2.05) is 17.9 Å². The molecule has 2 heterocycles. The van der Waals surface area contributed by atoms with E-state index in [2.05, 4.69) is 10.3 Å².